The molecule has 0 saturated heterocycles. The van der Waals surface area contributed by atoms with Gasteiger partial charge in [0.1, 0.15) is 6.10 Å². The van der Waals surface area contributed by atoms with Crippen LogP contribution < -0.4 is 5.73 Å². The largest absolute Gasteiger partial charge is 0.399 e. The topological polar surface area (TPSA) is 66.6 Å². The van der Waals surface area contributed by atoms with E-state index in [1.807, 2.05) is 0 Å². The van der Waals surface area contributed by atoms with Gasteiger partial charge in [-0.15, -0.1) is 0 Å². The number of carbonyl (C=O) groups is 1. The number of nitrogens with two attached hydrogens (primary N) is 1. The monoisotopic (exact) mass is 254 g/mol. The van der Waals surface area contributed by atoms with Crippen molar-refractivity contribution in [3.8, 4) is 0 Å². The lowest BCUT2D eigenvalue weighted by atomic mass is 10.0. The van der Waals surface area contributed by atoms with E-state index >= 15 is 0 Å². The Morgan fingerprint density at radius 3 is 2.59 bits per heavy atom. The number of aliphatic hydroxyl groups is 1. The number of hydrogen-bond acceptors (Lipinski definition) is 3. The zero-order chi connectivity index (χ0) is 13.2. The maximum absolute atomic E-state index is 11.6. The second kappa shape index (κ2) is 5.21. The molecule has 1 rings (SSSR count). The minimum atomic E-state index is -1.13. The molecule has 0 spiro atoms. The van der Waals surface area contributed by atoms with Gasteiger partial charge in [0.25, 0.3) is 5.91 Å². The molecule has 0 fully saturated rings. The van der Waals surface area contributed by atoms with Gasteiger partial charge in [-0.2, -0.15) is 0 Å². The van der Waals surface area contributed by atoms with Gasteiger partial charge in [0.05, 0.1) is 0 Å². The van der Waals surface area contributed by atoms with Gasteiger partial charge >= 0.3 is 0 Å². The average molecular weight is 255 g/mol. The van der Waals surface area contributed by atoms with E-state index in [1.54, 1.807) is 26.2 Å². The Kier molecular flexibility index (Phi) is 4.15. The molecule has 1 aromatic rings. The predicted molar refractivity (Wildman–Crippen MR) is 68.7 cm³/mol. The Morgan fingerprint density at radius 2 is 2.12 bits per heavy atom. The van der Waals surface area contributed by atoms with Crippen molar-refractivity contribution in [2.45, 2.75) is 6.10 Å². The van der Waals surface area contributed by atoms with Crippen molar-refractivity contribution in [2.75, 3.05) is 19.8 Å². The number of amides is 1. The number of halogens is 1. The van der Waals surface area contributed by atoms with Crippen LogP contribution in [0.25, 0.3) is 0 Å². The molecule has 0 saturated carbocycles. The summed E-state index contributed by atoms with van der Waals surface area (Å²) >= 11 is 5.95. The predicted octanol–water partition coefficient (Wildman–Crippen LogP) is 1.60. The van der Waals surface area contributed by atoms with Crippen LogP contribution in [-0.4, -0.2) is 30.0 Å². The SMILES string of the molecule is C=C(C(=O)N(C)C)C(O)c1ccc(N)cc1Cl. The molecule has 17 heavy (non-hydrogen) atoms. The zero-order valence-electron chi connectivity index (χ0n) is 9.77. The van der Waals surface area contributed by atoms with Crippen molar-refractivity contribution in [1.29, 1.82) is 0 Å². The van der Waals surface area contributed by atoms with Crippen LogP contribution in [0.15, 0.2) is 30.4 Å². The number of nitrogen functional groups attached to an aromatic ring is 1. The van der Waals surface area contributed by atoms with Crippen LogP contribution in [0.5, 0.6) is 0 Å². The summed E-state index contributed by atoms with van der Waals surface area (Å²) in [5.41, 5.74) is 6.53. The van der Waals surface area contributed by atoms with Gasteiger partial charge in [0, 0.05) is 35.9 Å². The Bertz CT molecular complexity index is 458. The van der Waals surface area contributed by atoms with E-state index in [9.17, 15) is 9.90 Å². The molecule has 92 valence electrons. The van der Waals surface area contributed by atoms with Crippen LogP contribution in [0, 0.1) is 0 Å². The number of nitrogens with zero attached hydrogens (tertiary/aromatic N) is 1. The number of anilines is 1. The minimum absolute atomic E-state index is 0.0710. The van der Waals surface area contributed by atoms with E-state index in [2.05, 4.69) is 6.58 Å². The molecule has 1 amide bonds. The highest BCUT2D eigenvalue weighted by atomic mass is 35.5. The van der Waals surface area contributed by atoms with Crippen LogP contribution in [0.3, 0.4) is 0 Å². The van der Waals surface area contributed by atoms with Crippen LogP contribution >= 0.6 is 11.6 Å². The van der Waals surface area contributed by atoms with Gasteiger partial charge in [0.2, 0.25) is 0 Å². The fourth-order valence-electron chi connectivity index (χ4n) is 1.36. The highest BCUT2D eigenvalue weighted by Gasteiger charge is 2.21. The molecule has 0 aliphatic heterocycles. The molecule has 3 N–H and O–H groups in total. The number of rotatable bonds is 3. The molecule has 0 aliphatic carbocycles. The molecule has 0 radical (unpaired) electrons. The number of hydrogen-bond donors (Lipinski definition) is 2. The fraction of sp³-hybridized carbons (Fsp3) is 0.250. The van der Waals surface area contributed by atoms with E-state index in [0.717, 1.165) is 0 Å². The quantitative estimate of drug-likeness (QED) is 0.636. The van der Waals surface area contributed by atoms with Gasteiger partial charge in [-0.1, -0.05) is 24.2 Å². The third-order valence-corrected chi connectivity index (χ3v) is 2.66. The van der Waals surface area contributed by atoms with Crippen molar-refractivity contribution >= 4 is 23.2 Å². The van der Waals surface area contributed by atoms with Crippen molar-refractivity contribution in [1.82, 2.24) is 4.90 Å². The Morgan fingerprint density at radius 1 is 1.53 bits per heavy atom. The molecule has 0 heterocycles. The summed E-state index contributed by atoms with van der Waals surface area (Å²) in [6, 6.07) is 4.71. The first-order chi connectivity index (χ1) is 7.84. The molecule has 1 atom stereocenters. The van der Waals surface area contributed by atoms with Crippen molar-refractivity contribution in [3.05, 3.63) is 40.9 Å². The first kappa shape index (κ1) is 13.5. The summed E-state index contributed by atoms with van der Waals surface area (Å²) < 4.78 is 0. The van der Waals surface area contributed by atoms with Gasteiger partial charge in [0.15, 0.2) is 0 Å². The number of likely N-dealkylation sites (N-methyl/N-ethyl adjacent to an activating group) is 1. The minimum Gasteiger partial charge on any atom is -0.399 e. The number of aliphatic hydroxyl groups excluding tert-OH is 1. The van der Waals surface area contributed by atoms with E-state index in [0.29, 0.717) is 16.3 Å². The van der Waals surface area contributed by atoms with E-state index in [-0.39, 0.29) is 11.5 Å². The average Bonchev–Trinajstić information content (AvgIpc) is 2.26. The molecule has 0 aromatic heterocycles. The lowest BCUT2D eigenvalue weighted by Crippen LogP contribution is -2.26. The zero-order valence-corrected chi connectivity index (χ0v) is 10.5. The standard InChI is InChI=1S/C12H15ClN2O2/c1-7(12(17)15(2)3)11(16)9-5-4-8(14)6-10(9)13/h4-6,11,16H,1,14H2,2-3H3. The molecule has 5 heteroatoms. The molecule has 0 aliphatic rings. The Labute approximate surface area is 105 Å². The molecule has 0 bridgehead atoms. The number of carbonyl (C=O) groups excluding carboxylic acids is 1. The summed E-state index contributed by atoms with van der Waals surface area (Å²) in [5.74, 6) is -0.342. The van der Waals surface area contributed by atoms with Crippen molar-refractivity contribution in [2.24, 2.45) is 0 Å². The summed E-state index contributed by atoms with van der Waals surface area (Å²) in [6.07, 6.45) is -1.13. The molecule has 4 nitrogen and oxygen atoms in total. The summed E-state index contributed by atoms with van der Waals surface area (Å²) in [4.78, 5) is 13.0. The third kappa shape index (κ3) is 2.99. The Balaban J connectivity index is 3.00. The Hall–Kier alpha value is -1.52. The number of benzene rings is 1. The molecular formula is C12H15ClN2O2. The van der Waals surface area contributed by atoms with Gasteiger partial charge in [-0.05, 0) is 12.1 Å². The van der Waals surface area contributed by atoms with Crippen LogP contribution in [0.1, 0.15) is 11.7 Å². The lowest BCUT2D eigenvalue weighted by Gasteiger charge is -2.18. The van der Waals surface area contributed by atoms with Gasteiger partial charge in [-0.3, -0.25) is 4.79 Å². The highest BCUT2D eigenvalue weighted by Crippen LogP contribution is 2.29. The second-order valence-corrected chi connectivity index (χ2v) is 4.32. The lowest BCUT2D eigenvalue weighted by molar-refractivity contribution is -0.125. The van der Waals surface area contributed by atoms with E-state index < -0.39 is 6.10 Å². The maximum atomic E-state index is 11.6. The maximum Gasteiger partial charge on any atom is 0.251 e. The first-order valence-electron chi connectivity index (χ1n) is 4.98. The second-order valence-electron chi connectivity index (χ2n) is 3.91. The van der Waals surface area contributed by atoms with Gasteiger partial charge < -0.3 is 15.7 Å². The first-order valence-corrected chi connectivity index (χ1v) is 5.35. The van der Waals surface area contributed by atoms with Crippen LogP contribution in [0.2, 0.25) is 5.02 Å². The smallest absolute Gasteiger partial charge is 0.251 e. The molecule has 1 aromatic carbocycles. The third-order valence-electron chi connectivity index (χ3n) is 2.33. The fourth-order valence-corrected chi connectivity index (χ4v) is 1.65. The van der Waals surface area contributed by atoms with E-state index in [1.165, 1.54) is 11.0 Å². The summed E-state index contributed by atoms with van der Waals surface area (Å²) in [6.45, 7) is 3.58. The van der Waals surface area contributed by atoms with E-state index in [4.69, 9.17) is 17.3 Å². The van der Waals surface area contributed by atoms with Crippen LogP contribution in [0.4, 0.5) is 5.69 Å². The van der Waals surface area contributed by atoms with Crippen molar-refractivity contribution < 1.29 is 9.90 Å². The summed E-state index contributed by atoms with van der Waals surface area (Å²) in [5, 5.41) is 10.3. The van der Waals surface area contributed by atoms with Crippen LogP contribution in [-0.2, 0) is 4.79 Å². The van der Waals surface area contributed by atoms with Gasteiger partial charge in [-0.25, -0.2) is 0 Å². The molecule has 1 unspecified atom stereocenters. The highest BCUT2D eigenvalue weighted by molar-refractivity contribution is 6.31. The van der Waals surface area contributed by atoms with Crippen molar-refractivity contribution in [3.63, 3.8) is 0 Å². The normalized spacial score (nSPS) is 12.0. The molecular weight excluding hydrogens is 240 g/mol. The summed E-state index contributed by atoms with van der Waals surface area (Å²) in [7, 11) is 3.18.